The minimum atomic E-state index is -4.11. The largest absolute Gasteiger partial charge is 0.486 e. The summed E-state index contributed by atoms with van der Waals surface area (Å²) in [5.74, 6) is -0.263. The van der Waals surface area contributed by atoms with Crippen molar-refractivity contribution in [2.24, 2.45) is 5.92 Å². The van der Waals surface area contributed by atoms with Crippen LogP contribution in [0.5, 0.6) is 5.75 Å². The third-order valence-electron chi connectivity index (χ3n) is 6.96. The molecule has 0 radical (unpaired) electrons. The monoisotopic (exact) mass is 515 g/mol. The van der Waals surface area contributed by atoms with Gasteiger partial charge >= 0.3 is 16.3 Å². The van der Waals surface area contributed by atoms with E-state index in [4.69, 9.17) is 13.7 Å². The lowest BCUT2D eigenvalue weighted by molar-refractivity contribution is -0.143. The number of carbonyl (C=O) groups excluding carboxylic acids is 2. The molecule has 194 valence electrons. The highest BCUT2D eigenvalue weighted by Gasteiger charge is 2.35. The van der Waals surface area contributed by atoms with E-state index in [1.54, 1.807) is 0 Å². The molecule has 2 aliphatic heterocycles. The van der Waals surface area contributed by atoms with E-state index in [-0.39, 0.29) is 18.6 Å². The van der Waals surface area contributed by atoms with Crippen LogP contribution in [-0.2, 0) is 28.8 Å². The van der Waals surface area contributed by atoms with Gasteiger partial charge in [-0.1, -0.05) is 30.3 Å². The first-order valence-electron chi connectivity index (χ1n) is 12.4. The number of nitrogens with zero attached hydrogens (tertiary/aromatic N) is 1. The molecule has 2 heterocycles. The van der Waals surface area contributed by atoms with E-state index in [2.05, 4.69) is 18.2 Å². The van der Waals surface area contributed by atoms with Crippen LogP contribution in [0.1, 0.15) is 49.7 Å². The Balaban J connectivity index is 1.37. The van der Waals surface area contributed by atoms with Crippen LogP contribution in [0.2, 0.25) is 0 Å². The lowest BCUT2D eigenvalue weighted by atomic mass is 9.87. The summed E-state index contributed by atoms with van der Waals surface area (Å²) in [6.45, 7) is 4.99. The molecule has 2 aliphatic rings. The van der Waals surface area contributed by atoms with Gasteiger partial charge in [0.05, 0.1) is 12.0 Å². The number of ether oxygens (including phenoxy) is 2. The SMILES string of the molecule is Cc1cc(C2CCN(S(=O)(=O)OC(=O)C3CCOC(C)C3)CC2)ccc1-c1cccc(OCC=O)c1. The second kappa shape index (κ2) is 11.5. The third kappa shape index (κ3) is 6.32. The van der Waals surface area contributed by atoms with Crippen LogP contribution in [0.25, 0.3) is 11.1 Å². The number of aryl methyl sites for hydroxylation is 1. The molecule has 2 fully saturated rings. The summed E-state index contributed by atoms with van der Waals surface area (Å²) in [6.07, 6.45) is 2.90. The summed E-state index contributed by atoms with van der Waals surface area (Å²) in [4.78, 5) is 23.0. The summed E-state index contributed by atoms with van der Waals surface area (Å²) in [5, 5.41) is 0. The molecule has 0 aromatic heterocycles. The normalized spacial score (nSPS) is 21.6. The van der Waals surface area contributed by atoms with Crippen molar-refractivity contribution >= 4 is 22.6 Å². The van der Waals surface area contributed by atoms with Crippen LogP contribution in [0.4, 0.5) is 0 Å². The zero-order valence-electron chi connectivity index (χ0n) is 20.7. The van der Waals surface area contributed by atoms with Crippen molar-refractivity contribution in [2.45, 2.75) is 51.6 Å². The molecule has 2 aromatic rings. The van der Waals surface area contributed by atoms with Gasteiger partial charge in [-0.15, -0.1) is 0 Å². The maximum Gasteiger partial charge on any atom is 0.387 e. The zero-order chi connectivity index (χ0) is 25.7. The van der Waals surface area contributed by atoms with Crippen LogP contribution in [0.3, 0.4) is 0 Å². The van der Waals surface area contributed by atoms with Gasteiger partial charge in [0.15, 0.2) is 6.29 Å². The molecule has 0 N–H and O–H groups in total. The molecule has 9 heteroatoms. The van der Waals surface area contributed by atoms with Gasteiger partial charge in [0.2, 0.25) is 0 Å². The number of carbonyl (C=O) groups is 2. The van der Waals surface area contributed by atoms with Crippen molar-refractivity contribution in [3.8, 4) is 16.9 Å². The lowest BCUT2D eigenvalue weighted by Gasteiger charge is -2.31. The van der Waals surface area contributed by atoms with Crippen LogP contribution in [-0.4, -0.2) is 57.4 Å². The Kier molecular flexibility index (Phi) is 8.43. The van der Waals surface area contributed by atoms with E-state index in [9.17, 15) is 18.0 Å². The molecule has 2 saturated heterocycles. The standard InChI is InChI=1S/C27H33NO7S/c1-19-16-22(6-7-26(19)23-4-3-5-25(18-23)34-15-13-29)21-8-11-28(12-9-21)36(31,32)35-27(30)24-10-14-33-20(2)17-24/h3-7,13,16,18,20-21,24H,8-12,14-15,17H2,1-2H3. The van der Waals surface area contributed by atoms with Crippen LogP contribution in [0, 0.1) is 12.8 Å². The number of piperidine rings is 1. The third-order valence-corrected chi connectivity index (χ3v) is 8.33. The van der Waals surface area contributed by atoms with Crippen LogP contribution < -0.4 is 4.74 Å². The molecule has 2 unspecified atom stereocenters. The summed E-state index contributed by atoms with van der Waals surface area (Å²) >= 11 is 0. The number of aldehydes is 1. The fourth-order valence-corrected chi connectivity index (χ4v) is 6.10. The summed E-state index contributed by atoms with van der Waals surface area (Å²) in [6, 6.07) is 13.9. The minimum absolute atomic E-state index is 0.0176. The Labute approximate surface area is 212 Å². The van der Waals surface area contributed by atoms with Crippen molar-refractivity contribution in [3.05, 3.63) is 53.6 Å². The first kappa shape index (κ1) is 26.3. The van der Waals surface area contributed by atoms with Crippen LogP contribution >= 0.6 is 0 Å². The summed E-state index contributed by atoms with van der Waals surface area (Å²) in [7, 11) is -4.11. The van der Waals surface area contributed by atoms with Crippen molar-refractivity contribution in [3.63, 3.8) is 0 Å². The molecule has 8 nitrogen and oxygen atoms in total. The van der Waals surface area contributed by atoms with E-state index in [1.165, 1.54) is 4.31 Å². The van der Waals surface area contributed by atoms with Crippen LogP contribution in [0.15, 0.2) is 42.5 Å². The molecule has 2 aromatic carbocycles. The van der Waals surface area contributed by atoms with E-state index < -0.39 is 22.2 Å². The average Bonchev–Trinajstić information content (AvgIpc) is 2.87. The molecule has 2 atom stereocenters. The predicted molar refractivity (Wildman–Crippen MR) is 135 cm³/mol. The van der Waals surface area contributed by atoms with E-state index >= 15 is 0 Å². The molecule has 4 rings (SSSR count). The lowest BCUT2D eigenvalue weighted by Crippen LogP contribution is -2.41. The summed E-state index contributed by atoms with van der Waals surface area (Å²) < 4.78 is 42.6. The van der Waals surface area contributed by atoms with Crippen molar-refractivity contribution in [2.75, 3.05) is 26.3 Å². The Hall–Kier alpha value is -2.75. The smallest absolute Gasteiger partial charge is 0.387 e. The molecule has 0 aliphatic carbocycles. The Morgan fingerprint density at radius 1 is 1.14 bits per heavy atom. The number of hydrogen-bond acceptors (Lipinski definition) is 7. The average molecular weight is 516 g/mol. The van der Waals surface area contributed by atoms with E-state index in [0.717, 1.165) is 28.5 Å². The van der Waals surface area contributed by atoms with Gasteiger partial charge in [-0.3, -0.25) is 9.59 Å². The second-order valence-corrected chi connectivity index (χ2v) is 11.1. The highest BCUT2D eigenvalue weighted by molar-refractivity contribution is 7.84. The van der Waals surface area contributed by atoms with Gasteiger partial charge in [-0.25, -0.2) is 0 Å². The molecular formula is C27H33NO7S. The Bertz CT molecular complexity index is 1190. The fourth-order valence-electron chi connectivity index (χ4n) is 5.00. The maximum atomic E-state index is 12.7. The molecule has 0 bridgehead atoms. The first-order chi connectivity index (χ1) is 17.3. The highest BCUT2D eigenvalue weighted by atomic mass is 32.2. The van der Waals surface area contributed by atoms with Gasteiger partial charge in [0.25, 0.3) is 0 Å². The molecular weight excluding hydrogens is 482 g/mol. The molecule has 36 heavy (non-hydrogen) atoms. The number of hydrogen-bond donors (Lipinski definition) is 0. The van der Waals surface area contributed by atoms with Crippen molar-refractivity contribution in [1.82, 2.24) is 4.31 Å². The zero-order valence-corrected chi connectivity index (χ0v) is 21.5. The fraction of sp³-hybridized carbons (Fsp3) is 0.481. The molecule has 0 saturated carbocycles. The van der Waals surface area contributed by atoms with Gasteiger partial charge in [0.1, 0.15) is 12.4 Å². The summed E-state index contributed by atoms with van der Waals surface area (Å²) in [5.41, 5.74) is 4.35. The second-order valence-electron chi connectivity index (χ2n) is 9.52. The maximum absolute atomic E-state index is 12.7. The minimum Gasteiger partial charge on any atom is -0.486 e. The van der Waals surface area contributed by atoms with Gasteiger partial charge in [-0.05, 0) is 79.8 Å². The van der Waals surface area contributed by atoms with Gasteiger partial charge in [0, 0.05) is 19.7 Å². The quantitative estimate of drug-likeness (QED) is 0.490. The van der Waals surface area contributed by atoms with E-state index in [0.29, 0.717) is 51.1 Å². The van der Waals surface area contributed by atoms with Gasteiger partial charge < -0.3 is 13.7 Å². The number of benzene rings is 2. The Morgan fingerprint density at radius 2 is 1.92 bits per heavy atom. The van der Waals surface area contributed by atoms with Gasteiger partial charge in [-0.2, -0.15) is 12.7 Å². The van der Waals surface area contributed by atoms with Crippen molar-refractivity contribution < 1.29 is 31.7 Å². The molecule has 0 spiro atoms. The topological polar surface area (TPSA) is 99.2 Å². The highest BCUT2D eigenvalue weighted by Crippen LogP contribution is 2.34. The van der Waals surface area contributed by atoms with E-state index in [1.807, 2.05) is 38.1 Å². The molecule has 0 amide bonds. The van der Waals surface area contributed by atoms with Crippen molar-refractivity contribution in [1.29, 1.82) is 0 Å². The first-order valence-corrected chi connectivity index (χ1v) is 13.8. The predicted octanol–water partition coefficient (Wildman–Crippen LogP) is 4.02. The number of rotatable bonds is 8. The Morgan fingerprint density at radius 3 is 2.61 bits per heavy atom.